The highest BCUT2D eigenvalue weighted by Gasteiger charge is 2.45. The highest BCUT2D eigenvalue weighted by Crippen LogP contribution is 2.32. The third-order valence-electron chi connectivity index (χ3n) is 6.94. The number of aliphatic hydroxyl groups is 1. The number of carboxylic acid groups (broad SMARTS) is 1. The molecule has 1 atom stereocenters. The molecule has 4 N–H and O–H groups in total. The smallest absolute Gasteiger partial charge is 0.407 e. The van der Waals surface area contributed by atoms with Crippen molar-refractivity contribution in [2.45, 2.75) is 30.2 Å². The molecule has 2 aliphatic heterocycles. The number of sulfone groups is 1. The zero-order valence-electron chi connectivity index (χ0n) is 20.1. The molecule has 0 spiro atoms. The summed E-state index contributed by atoms with van der Waals surface area (Å²) in [5.41, 5.74) is 2.72. The fourth-order valence-corrected chi connectivity index (χ4v) is 5.16. The topological polar surface area (TPSA) is 169 Å². The van der Waals surface area contributed by atoms with Crippen LogP contribution in [-0.4, -0.2) is 86.9 Å². The van der Waals surface area contributed by atoms with Crippen molar-refractivity contribution in [3.8, 4) is 11.8 Å². The van der Waals surface area contributed by atoms with Gasteiger partial charge in [0.05, 0.1) is 19.6 Å². The summed E-state index contributed by atoms with van der Waals surface area (Å²) in [4.78, 5) is 38.3. The Morgan fingerprint density at radius 2 is 1.78 bits per heavy atom. The molecule has 0 radical (unpaired) electrons. The Morgan fingerprint density at radius 1 is 1.16 bits per heavy atom. The lowest BCUT2D eigenvalue weighted by molar-refractivity contribution is -0.131. The first-order chi connectivity index (χ1) is 17.3. The van der Waals surface area contributed by atoms with E-state index in [1.807, 2.05) is 0 Å². The van der Waals surface area contributed by atoms with Gasteiger partial charge in [-0.15, -0.1) is 0 Å². The van der Waals surface area contributed by atoms with Gasteiger partial charge in [0.25, 0.3) is 5.91 Å². The van der Waals surface area contributed by atoms with E-state index in [2.05, 4.69) is 11.8 Å². The van der Waals surface area contributed by atoms with Crippen LogP contribution < -0.4 is 5.48 Å². The lowest BCUT2D eigenvalue weighted by Crippen LogP contribution is -2.60. The van der Waals surface area contributed by atoms with Gasteiger partial charge in [0, 0.05) is 35.8 Å². The molecule has 0 aliphatic carbocycles. The number of likely N-dealkylation sites (tertiary alicyclic amines) is 1. The Morgan fingerprint density at radius 3 is 2.32 bits per heavy atom. The van der Waals surface area contributed by atoms with E-state index in [0.29, 0.717) is 22.4 Å². The number of hydrogen-bond donors (Lipinski definition) is 4. The second-order valence-corrected chi connectivity index (χ2v) is 11.9. The third kappa shape index (κ3) is 4.78. The summed E-state index contributed by atoms with van der Waals surface area (Å²) in [7, 11) is -3.87. The average Bonchev–Trinajstić information content (AvgIpc) is 3.36. The summed E-state index contributed by atoms with van der Waals surface area (Å²) in [5, 5.41) is 28.4. The summed E-state index contributed by atoms with van der Waals surface area (Å²) in [6.45, 7) is 1.42. The Bertz CT molecular complexity index is 1430. The van der Waals surface area contributed by atoms with Gasteiger partial charge in [0.15, 0.2) is 14.6 Å². The van der Waals surface area contributed by atoms with Crippen LogP contribution in [0.25, 0.3) is 0 Å². The highest BCUT2D eigenvalue weighted by molar-refractivity contribution is 7.92. The lowest BCUT2D eigenvalue weighted by Gasteiger charge is -2.45. The Balaban J connectivity index is 1.40. The first-order valence-corrected chi connectivity index (χ1v) is 13.1. The number of nitrogens with one attached hydrogen (secondary N) is 1. The summed E-state index contributed by atoms with van der Waals surface area (Å²) < 4.78 is 23.8. The standard InChI is InChI=1S/C24H26N4O8S/c1-23(20(29)25-34,37(2,35)36)9-10-26-13-19-11-17(12-28(19)21(26)30)4-3-16-5-7-18(8-6-16)24(33)14-27(15-24)22(31)32/h5-8,11-12,33-34H,9-10,13-15H2,1-2H3,(H,25,29)(H,31,32)/t23-/m1/s1. The predicted octanol–water partition coefficient (Wildman–Crippen LogP) is 0.552. The maximum absolute atomic E-state index is 12.8. The zero-order chi connectivity index (χ0) is 27.2. The number of aromatic nitrogens is 1. The van der Waals surface area contributed by atoms with E-state index in [9.17, 15) is 27.9 Å². The van der Waals surface area contributed by atoms with E-state index in [4.69, 9.17) is 10.3 Å². The van der Waals surface area contributed by atoms with Crippen LogP contribution >= 0.6 is 0 Å². The highest BCUT2D eigenvalue weighted by atomic mass is 32.2. The van der Waals surface area contributed by atoms with Crippen LogP contribution in [-0.2, 0) is 26.8 Å². The van der Waals surface area contributed by atoms with Crippen molar-refractivity contribution >= 4 is 27.9 Å². The second-order valence-electron chi connectivity index (χ2n) is 9.49. The number of hydroxylamine groups is 1. The third-order valence-corrected chi connectivity index (χ3v) is 8.96. The molecule has 2 aromatic rings. The average molecular weight is 531 g/mol. The van der Waals surface area contributed by atoms with Crippen molar-refractivity contribution in [3.05, 3.63) is 58.9 Å². The van der Waals surface area contributed by atoms with Crippen molar-refractivity contribution in [1.82, 2.24) is 19.8 Å². The summed E-state index contributed by atoms with van der Waals surface area (Å²) in [5.74, 6) is 4.91. The summed E-state index contributed by atoms with van der Waals surface area (Å²) in [6.07, 6.45) is 1.21. The molecule has 1 aromatic heterocycles. The van der Waals surface area contributed by atoms with E-state index in [1.54, 1.807) is 36.5 Å². The van der Waals surface area contributed by atoms with Gasteiger partial charge in [-0.2, -0.15) is 0 Å². The summed E-state index contributed by atoms with van der Waals surface area (Å²) in [6, 6.07) is 8.21. The minimum Gasteiger partial charge on any atom is -0.465 e. The number of carbonyl (C=O) groups is 3. The Labute approximate surface area is 213 Å². The van der Waals surface area contributed by atoms with Crippen LogP contribution in [0.1, 0.15) is 35.7 Å². The van der Waals surface area contributed by atoms with Crippen molar-refractivity contribution in [3.63, 3.8) is 0 Å². The number of hydrogen-bond acceptors (Lipinski definition) is 7. The lowest BCUT2D eigenvalue weighted by atomic mass is 9.86. The minimum atomic E-state index is -3.87. The molecule has 1 fully saturated rings. The van der Waals surface area contributed by atoms with Crippen molar-refractivity contribution in [2.24, 2.45) is 0 Å². The van der Waals surface area contributed by atoms with Gasteiger partial charge in [0.2, 0.25) is 0 Å². The molecule has 3 heterocycles. The van der Waals surface area contributed by atoms with E-state index < -0.39 is 32.2 Å². The molecular weight excluding hydrogens is 504 g/mol. The first-order valence-electron chi connectivity index (χ1n) is 11.2. The number of rotatable bonds is 6. The maximum Gasteiger partial charge on any atom is 0.407 e. The molecule has 196 valence electrons. The molecule has 12 nitrogen and oxygen atoms in total. The van der Waals surface area contributed by atoms with Gasteiger partial charge in [-0.3, -0.25) is 14.6 Å². The molecule has 4 rings (SSSR count). The van der Waals surface area contributed by atoms with Gasteiger partial charge in [0.1, 0.15) is 5.60 Å². The van der Waals surface area contributed by atoms with E-state index >= 15 is 0 Å². The monoisotopic (exact) mass is 530 g/mol. The molecule has 3 amide bonds. The number of nitrogens with zero attached hydrogens (tertiary/aromatic N) is 3. The number of carbonyl (C=O) groups excluding carboxylic acids is 2. The maximum atomic E-state index is 12.8. The summed E-state index contributed by atoms with van der Waals surface area (Å²) >= 11 is 0. The molecule has 0 bridgehead atoms. The Kier molecular flexibility index (Phi) is 6.53. The van der Waals surface area contributed by atoms with Gasteiger partial charge in [-0.1, -0.05) is 24.0 Å². The number of benzene rings is 1. The minimum absolute atomic E-state index is 0.0107. The van der Waals surface area contributed by atoms with Crippen LogP contribution in [0.5, 0.6) is 0 Å². The molecule has 0 saturated carbocycles. The molecule has 1 aromatic carbocycles. The van der Waals surface area contributed by atoms with Crippen LogP contribution in [0, 0.1) is 11.8 Å². The fourth-order valence-electron chi connectivity index (χ4n) is 4.31. The number of amides is 3. The van der Waals surface area contributed by atoms with Gasteiger partial charge >= 0.3 is 12.1 Å². The predicted molar refractivity (Wildman–Crippen MR) is 129 cm³/mol. The molecule has 1 saturated heterocycles. The second kappa shape index (κ2) is 9.22. The van der Waals surface area contributed by atoms with Crippen LogP contribution in [0.2, 0.25) is 0 Å². The van der Waals surface area contributed by atoms with Gasteiger partial charge in [-0.05, 0) is 37.1 Å². The van der Waals surface area contributed by atoms with Crippen LogP contribution in [0.4, 0.5) is 9.59 Å². The van der Waals surface area contributed by atoms with Crippen LogP contribution in [0.3, 0.4) is 0 Å². The zero-order valence-corrected chi connectivity index (χ0v) is 20.9. The molecule has 13 heteroatoms. The van der Waals surface area contributed by atoms with E-state index in [-0.39, 0.29) is 38.6 Å². The SMILES string of the molecule is C[C@@](CCN1Cc2cc(C#Cc3ccc(C4(O)CN(C(=O)O)C4)cc3)cn2C1=O)(C(=O)NO)S(C)(=O)=O. The van der Waals surface area contributed by atoms with E-state index in [0.717, 1.165) is 11.2 Å². The van der Waals surface area contributed by atoms with E-state index in [1.165, 1.54) is 21.9 Å². The van der Waals surface area contributed by atoms with Crippen molar-refractivity contribution in [2.75, 3.05) is 25.9 Å². The quantitative estimate of drug-likeness (QED) is 0.238. The van der Waals surface area contributed by atoms with Crippen LogP contribution in [0.15, 0.2) is 36.5 Å². The number of fused-ring (bicyclic) bond motifs is 1. The van der Waals surface area contributed by atoms with Gasteiger partial charge < -0.3 is 20.0 Å². The first kappa shape index (κ1) is 26.2. The van der Waals surface area contributed by atoms with Gasteiger partial charge in [-0.25, -0.2) is 23.5 Å². The largest absolute Gasteiger partial charge is 0.465 e. The Hall–Kier alpha value is -3.86. The van der Waals surface area contributed by atoms with Crippen molar-refractivity contribution < 1.29 is 38.2 Å². The fraction of sp³-hybridized carbons (Fsp3) is 0.375. The molecular formula is C24H26N4O8S. The molecule has 0 unspecified atom stereocenters. The number of β-amino-alcohol motifs (C(OH)–C–C–N with tert-alkyl or cyclic N) is 1. The molecule has 2 aliphatic rings. The van der Waals surface area contributed by atoms with Crippen molar-refractivity contribution in [1.29, 1.82) is 0 Å². The normalized spacial score (nSPS) is 17.8. The molecule has 37 heavy (non-hydrogen) atoms.